The second-order valence-electron chi connectivity index (χ2n) is 9.57. The largest absolute Gasteiger partial charge is 0.493 e. The van der Waals surface area contributed by atoms with E-state index >= 15 is 0 Å². The average molecular weight is 592 g/mol. The number of fused-ring (bicyclic) bond motifs is 1. The first-order chi connectivity index (χ1) is 20.3. The predicted octanol–water partition coefficient (Wildman–Crippen LogP) is 5.75. The number of hydrogen-bond acceptors (Lipinski definition) is 8. The molecule has 42 heavy (non-hydrogen) atoms. The molecule has 0 spiro atoms. The van der Waals surface area contributed by atoms with Crippen molar-refractivity contribution in [3.63, 3.8) is 0 Å². The van der Waals surface area contributed by atoms with E-state index in [2.05, 4.69) is 12.2 Å². The van der Waals surface area contributed by atoms with E-state index in [0.717, 1.165) is 17.7 Å². The van der Waals surface area contributed by atoms with Crippen molar-refractivity contribution in [3.05, 3.63) is 76.1 Å². The summed E-state index contributed by atoms with van der Waals surface area (Å²) in [4.78, 5) is 32.1. The summed E-state index contributed by atoms with van der Waals surface area (Å²) in [5, 5.41) is 3.38. The Kier molecular flexibility index (Phi) is 10.4. The van der Waals surface area contributed by atoms with Gasteiger partial charge in [0.05, 0.1) is 44.6 Å². The van der Waals surface area contributed by atoms with Crippen LogP contribution in [0.1, 0.15) is 31.4 Å². The van der Waals surface area contributed by atoms with Gasteiger partial charge in [-0.05, 0) is 60.7 Å². The molecule has 4 rings (SSSR count). The van der Waals surface area contributed by atoms with Crippen molar-refractivity contribution in [2.45, 2.75) is 50.1 Å². The van der Waals surface area contributed by atoms with Gasteiger partial charge in [0.15, 0.2) is 28.2 Å². The van der Waals surface area contributed by atoms with E-state index in [0.29, 0.717) is 58.4 Å². The van der Waals surface area contributed by atoms with Gasteiger partial charge < -0.3 is 24.3 Å². The van der Waals surface area contributed by atoms with Crippen LogP contribution in [0.15, 0.2) is 64.5 Å². The number of thioether (sulfide) groups is 1. The molecule has 0 aliphatic heterocycles. The maximum absolute atomic E-state index is 13.9. The van der Waals surface area contributed by atoms with Crippen molar-refractivity contribution in [1.29, 1.82) is 0 Å². The minimum absolute atomic E-state index is 0.153. The number of ether oxygens (including phenoxy) is 4. The Hall–Kier alpha value is -4.18. The summed E-state index contributed by atoms with van der Waals surface area (Å²) in [6, 6.07) is 16.8. The van der Waals surface area contributed by atoms with Gasteiger partial charge in [0.1, 0.15) is 0 Å². The highest BCUT2D eigenvalue weighted by molar-refractivity contribution is 8.00. The summed E-state index contributed by atoms with van der Waals surface area (Å²) < 4.78 is 23.3. The van der Waals surface area contributed by atoms with Crippen LogP contribution in [0.4, 0.5) is 5.69 Å². The molecule has 1 aromatic heterocycles. The van der Waals surface area contributed by atoms with Crippen LogP contribution in [-0.2, 0) is 24.2 Å². The third kappa shape index (κ3) is 6.82. The molecule has 0 saturated heterocycles. The molecule has 4 aromatic rings. The van der Waals surface area contributed by atoms with Gasteiger partial charge in [-0.3, -0.25) is 14.2 Å². The number of methoxy groups -OCH3 is 4. The van der Waals surface area contributed by atoms with Crippen LogP contribution < -0.4 is 29.8 Å². The molecule has 222 valence electrons. The van der Waals surface area contributed by atoms with Gasteiger partial charge in [-0.2, -0.15) is 0 Å². The number of benzene rings is 3. The van der Waals surface area contributed by atoms with E-state index < -0.39 is 5.25 Å². The van der Waals surface area contributed by atoms with Crippen molar-refractivity contribution in [2.24, 2.45) is 0 Å². The van der Waals surface area contributed by atoms with Gasteiger partial charge in [0, 0.05) is 18.3 Å². The molecule has 1 atom stereocenters. The molecule has 9 nitrogen and oxygen atoms in total. The van der Waals surface area contributed by atoms with E-state index in [1.807, 2.05) is 49.4 Å². The highest BCUT2D eigenvalue weighted by Crippen LogP contribution is 2.33. The fourth-order valence-corrected chi connectivity index (χ4v) is 5.63. The quantitative estimate of drug-likeness (QED) is 0.155. The molecular formula is C32H37N3O6S. The van der Waals surface area contributed by atoms with Gasteiger partial charge in [-0.25, -0.2) is 4.98 Å². The van der Waals surface area contributed by atoms with Gasteiger partial charge in [-0.1, -0.05) is 43.8 Å². The molecule has 0 aliphatic carbocycles. The zero-order valence-corrected chi connectivity index (χ0v) is 25.7. The smallest absolute Gasteiger partial charge is 0.262 e. The standard InChI is InChI=1S/C32H37N3O6S/c1-7-20-9-12-22(13-10-20)33-30(36)29(8-2)42-32-34-24-19-28(41-6)27(40-5)18-23(24)31(37)35(32)16-15-21-11-14-25(38-3)26(17-21)39-4/h9-14,17-19,29H,7-8,15-16H2,1-6H3,(H,33,36)/t29-/m1/s1. The summed E-state index contributed by atoms with van der Waals surface area (Å²) in [6.45, 7) is 4.37. The first-order valence-corrected chi connectivity index (χ1v) is 14.7. The van der Waals surface area contributed by atoms with E-state index in [9.17, 15) is 9.59 Å². The van der Waals surface area contributed by atoms with E-state index in [1.54, 1.807) is 30.9 Å². The number of anilines is 1. The van der Waals surface area contributed by atoms with Crippen LogP contribution in [0.3, 0.4) is 0 Å². The molecule has 1 heterocycles. The number of nitrogens with zero attached hydrogens (tertiary/aromatic N) is 2. The maximum atomic E-state index is 13.9. The summed E-state index contributed by atoms with van der Waals surface area (Å²) in [5.74, 6) is 2.00. The third-order valence-corrected chi connectivity index (χ3v) is 8.39. The molecule has 3 aromatic carbocycles. The van der Waals surface area contributed by atoms with Crippen LogP contribution in [0.5, 0.6) is 23.0 Å². The lowest BCUT2D eigenvalue weighted by Crippen LogP contribution is -2.28. The van der Waals surface area contributed by atoms with Crippen molar-refractivity contribution in [1.82, 2.24) is 9.55 Å². The van der Waals surface area contributed by atoms with E-state index in [-0.39, 0.29) is 11.5 Å². The van der Waals surface area contributed by atoms with Crippen LogP contribution in [0.2, 0.25) is 0 Å². The Balaban J connectivity index is 1.71. The Labute approximate surface area is 250 Å². The molecule has 1 N–H and O–H groups in total. The average Bonchev–Trinajstić information content (AvgIpc) is 3.02. The Morgan fingerprint density at radius 2 is 1.48 bits per heavy atom. The van der Waals surface area contributed by atoms with Gasteiger partial charge in [-0.15, -0.1) is 0 Å². The molecule has 0 aliphatic rings. The van der Waals surface area contributed by atoms with Crippen LogP contribution in [0.25, 0.3) is 10.9 Å². The van der Waals surface area contributed by atoms with Gasteiger partial charge >= 0.3 is 0 Å². The lowest BCUT2D eigenvalue weighted by atomic mass is 10.1. The zero-order chi connectivity index (χ0) is 30.2. The summed E-state index contributed by atoms with van der Waals surface area (Å²) >= 11 is 1.27. The molecular weight excluding hydrogens is 554 g/mol. The molecule has 1 amide bonds. The van der Waals surface area contributed by atoms with Crippen molar-refractivity contribution in [3.8, 4) is 23.0 Å². The molecule has 0 fully saturated rings. The second kappa shape index (κ2) is 14.1. The topological polar surface area (TPSA) is 101 Å². The summed E-state index contributed by atoms with van der Waals surface area (Å²) in [7, 11) is 6.24. The summed E-state index contributed by atoms with van der Waals surface area (Å²) in [5.41, 5.74) is 3.12. The first kappa shape index (κ1) is 30.8. The SMILES string of the molecule is CCc1ccc(NC(=O)[C@@H](CC)Sc2nc3cc(OC)c(OC)cc3c(=O)n2CCc2ccc(OC)c(OC)c2)cc1. The minimum Gasteiger partial charge on any atom is -0.493 e. The number of aromatic nitrogens is 2. The van der Waals surface area contributed by atoms with Gasteiger partial charge in [0.2, 0.25) is 5.91 Å². The Bertz CT molecular complexity index is 1600. The van der Waals surface area contributed by atoms with Crippen LogP contribution in [-0.4, -0.2) is 49.1 Å². The molecule has 0 bridgehead atoms. The highest BCUT2D eigenvalue weighted by Gasteiger charge is 2.23. The number of rotatable bonds is 13. The van der Waals surface area contributed by atoms with Crippen molar-refractivity contribution >= 4 is 34.3 Å². The maximum Gasteiger partial charge on any atom is 0.262 e. The fourth-order valence-electron chi connectivity index (χ4n) is 4.59. The number of carbonyl (C=O) groups is 1. The van der Waals surface area contributed by atoms with E-state index in [4.69, 9.17) is 23.9 Å². The Morgan fingerprint density at radius 1 is 0.857 bits per heavy atom. The van der Waals surface area contributed by atoms with Gasteiger partial charge in [0.25, 0.3) is 5.56 Å². The molecule has 0 unspecified atom stereocenters. The number of aryl methyl sites for hydroxylation is 2. The lowest BCUT2D eigenvalue weighted by Gasteiger charge is -2.19. The van der Waals surface area contributed by atoms with Crippen LogP contribution >= 0.6 is 11.8 Å². The fraction of sp³-hybridized carbons (Fsp3) is 0.344. The minimum atomic E-state index is -0.479. The van der Waals surface area contributed by atoms with Crippen molar-refractivity contribution in [2.75, 3.05) is 33.8 Å². The monoisotopic (exact) mass is 591 g/mol. The second-order valence-corrected chi connectivity index (χ2v) is 10.7. The molecule has 0 radical (unpaired) electrons. The highest BCUT2D eigenvalue weighted by atomic mass is 32.2. The molecule has 0 saturated carbocycles. The molecule has 10 heteroatoms. The van der Waals surface area contributed by atoms with Crippen LogP contribution in [0, 0.1) is 0 Å². The lowest BCUT2D eigenvalue weighted by molar-refractivity contribution is -0.115. The normalized spacial score (nSPS) is 11.7. The number of hydrogen-bond donors (Lipinski definition) is 1. The predicted molar refractivity (Wildman–Crippen MR) is 167 cm³/mol. The number of amides is 1. The van der Waals surface area contributed by atoms with E-state index in [1.165, 1.54) is 31.5 Å². The number of nitrogens with one attached hydrogen (secondary N) is 1. The summed E-state index contributed by atoms with van der Waals surface area (Å²) in [6.07, 6.45) is 1.99. The third-order valence-electron chi connectivity index (χ3n) is 7.04. The number of carbonyl (C=O) groups excluding carboxylic acids is 1. The van der Waals surface area contributed by atoms with Crippen molar-refractivity contribution < 1.29 is 23.7 Å². The Morgan fingerprint density at radius 3 is 2.10 bits per heavy atom. The zero-order valence-electron chi connectivity index (χ0n) is 24.9. The first-order valence-electron chi connectivity index (χ1n) is 13.8.